The van der Waals surface area contributed by atoms with Gasteiger partial charge < -0.3 is 9.64 Å². The van der Waals surface area contributed by atoms with Crippen LogP contribution in [0.2, 0.25) is 5.02 Å². The normalized spacial score (nSPS) is 10.9. The third-order valence-electron chi connectivity index (χ3n) is 4.05. The Labute approximate surface area is 173 Å². The Kier molecular flexibility index (Phi) is 5.98. The molecule has 3 rings (SSSR count). The molecule has 0 saturated carbocycles. The van der Waals surface area contributed by atoms with Gasteiger partial charge in [0.1, 0.15) is 23.1 Å². The van der Waals surface area contributed by atoms with Crippen LogP contribution in [0.4, 0.5) is 5.69 Å². The predicted molar refractivity (Wildman–Crippen MR) is 115 cm³/mol. The van der Waals surface area contributed by atoms with Crippen molar-refractivity contribution in [2.45, 2.75) is 13.8 Å². The minimum atomic E-state index is 0.421. The lowest BCUT2D eigenvalue weighted by molar-refractivity contribution is 0.491. The molecule has 5 nitrogen and oxygen atoms in total. The maximum absolute atomic E-state index is 9.70. The van der Waals surface area contributed by atoms with E-state index in [-0.39, 0.29) is 0 Å². The fraction of sp³-hybridized carbons (Fsp3) is 0.190. The molecule has 0 radical (unpaired) electrons. The first kappa shape index (κ1) is 19.9. The number of nitrogens with zero attached hydrogens (tertiary/aromatic N) is 4. The summed E-state index contributed by atoms with van der Waals surface area (Å²) in [7, 11) is 3.78. The fourth-order valence-electron chi connectivity index (χ4n) is 2.60. The molecule has 0 aliphatic rings. The van der Waals surface area contributed by atoms with Crippen LogP contribution in [0.25, 0.3) is 11.3 Å². The molecule has 0 fully saturated rings. The zero-order valence-corrected chi connectivity index (χ0v) is 17.6. The van der Waals surface area contributed by atoms with Gasteiger partial charge in [-0.1, -0.05) is 35.9 Å². The second kappa shape index (κ2) is 8.42. The number of halogens is 1. The van der Waals surface area contributed by atoms with Crippen LogP contribution in [0.3, 0.4) is 0 Å². The second-order valence-corrected chi connectivity index (χ2v) is 7.64. The highest BCUT2D eigenvalue weighted by atomic mass is 35.5. The van der Waals surface area contributed by atoms with Crippen molar-refractivity contribution in [1.82, 2.24) is 9.27 Å². The van der Waals surface area contributed by atoms with Crippen LogP contribution in [0.1, 0.15) is 16.7 Å². The van der Waals surface area contributed by atoms with E-state index in [1.54, 1.807) is 12.4 Å². The van der Waals surface area contributed by atoms with Gasteiger partial charge in [-0.3, -0.25) is 0 Å². The van der Waals surface area contributed by atoms with Crippen molar-refractivity contribution >= 4 is 35.2 Å². The molecule has 0 unspecified atom stereocenters. The van der Waals surface area contributed by atoms with Gasteiger partial charge in [0.2, 0.25) is 5.06 Å². The molecule has 0 atom stereocenters. The van der Waals surface area contributed by atoms with Gasteiger partial charge in [-0.15, -0.1) is 0 Å². The zero-order chi connectivity index (χ0) is 20.3. The molecule has 1 heterocycles. The number of hydrogen-bond acceptors (Lipinski definition) is 5. The largest absolute Gasteiger partial charge is 0.443 e. The van der Waals surface area contributed by atoms with E-state index in [0.717, 1.165) is 28.2 Å². The van der Waals surface area contributed by atoms with E-state index in [4.69, 9.17) is 16.3 Å². The standard InChI is InChI=1S/C21H19ClN4OS/c1-13-7-5-6-8-15(13)20-16(11-23)21(28-25-20)27-19-10-17(22)18(9-14(19)2)24-12-26(3)4/h5-10,12H,1-4H3/b24-12-. The summed E-state index contributed by atoms with van der Waals surface area (Å²) in [5.74, 6) is 0.574. The molecule has 3 aromatic rings. The Morgan fingerprint density at radius 1 is 1.21 bits per heavy atom. The van der Waals surface area contributed by atoms with Gasteiger partial charge in [-0.25, -0.2) is 4.99 Å². The summed E-state index contributed by atoms with van der Waals surface area (Å²) in [4.78, 5) is 6.19. The molecule has 0 spiro atoms. The molecule has 0 aliphatic carbocycles. The maximum atomic E-state index is 9.70. The summed E-state index contributed by atoms with van der Waals surface area (Å²) in [6.07, 6.45) is 1.69. The van der Waals surface area contributed by atoms with Crippen molar-refractivity contribution in [1.29, 1.82) is 5.26 Å². The predicted octanol–water partition coefficient (Wildman–Crippen LogP) is 5.97. The number of benzene rings is 2. The van der Waals surface area contributed by atoms with Gasteiger partial charge in [-0.05, 0) is 31.0 Å². The first-order chi connectivity index (χ1) is 13.4. The Hall–Kier alpha value is -2.88. The van der Waals surface area contributed by atoms with Gasteiger partial charge in [-0.2, -0.15) is 9.64 Å². The van der Waals surface area contributed by atoms with E-state index in [9.17, 15) is 5.26 Å². The lowest BCUT2D eigenvalue weighted by atomic mass is 10.0. The summed E-state index contributed by atoms with van der Waals surface area (Å²) >= 11 is 7.52. The summed E-state index contributed by atoms with van der Waals surface area (Å²) in [5.41, 5.74) is 4.56. The van der Waals surface area contributed by atoms with Crippen LogP contribution < -0.4 is 4.74 Å². The van der Waals surface area contributed by atoms with Crippen LogP contribution in [-0.4, -0.2) is 29.7 Å². The number of aromatic nitrogens is 1. The third kappa shape index (κ3) is 4.16. The van der Waals surface area contributed by atoms with Crippen LogP contribution in [0, 0.1) is 25.2 Å². The highest BCUT2D eigenvalue weighted by Crippen LogP contribution is 2.40. The molecule has 142 valence electrons. The van der Waals surface area contributed by atoms with Crippen molar-refractivity contribution in [2.24, 2.45) is 4.99 Å². The highest BCUT2D eigenvalue weighted by Gasteiger charge is 2.19. The summed E-state index contributed by atoms with van der Waals surface area (Å²) in [6, 6.07) is 13.6. The van der Waals surface area contributed by atoms with Crippen molar-refractivity contribution < 1.29 is 4.74 Å². The van der Waals surface area contributed by atoms with Crippen molar-refractivity contribution in [2.75, 3.05) is 14.1 Å². The molecule has 1 aromatic heterocycles. The molecule has 7 heteroatoms. The van der Waals surface area contributed by atoms with Gasteiger partial charge in [0.05, 0.1) is 17.0 Å². The number of ether oxygens (including phenoxy) is 1. The van der Waals surface area contributed by atoms with Crippen molar-refractivity contribution in [3.63, 3.8) is 0 Å². The molecule has 28 heavy (non-hydrogen) atoms. The van der Waals surface area contributed by atoms with Gasteiger partial charge >= 0.3 is 0 Å². The van der Waals surface area contributed by atoms with Crippen LogP contribution >= 0.6 is 23.1 Å². The Balaban J connectivity index is 1.96. The number of aryl methyl sites for hydroxylation is 2. The van der Waals surface area contributed by atoms with E-state index in [2.05, 4.69) is 15.4 Å². The topological polar surface area (TPSA) is 61.5 Å². The van der Waals surface area contributed by atoms with Gasteiger partial charge in [0, 0.05) is 37.3 Å². The quantitative estimate of drug-likeness (QED) is 0.384. The second-order valence-electron chi connectivity index (χ2n) is 6.50. The van der Waals surface area contributed by atoms with Gasteiger partial charge in [0.25, 0.3) is 0 Å². The first-order valence-electron chi connectivity index (χ1n) is 8.55. The SMILES string of the molecule is Cc1cc(/N=C\N(C)C)c(Cl)cc1Oc1snc(-c2ccccc2C)c1C#N. The van der Waals surface area contributed by atoms with E-state index in [1.165, 1.54) is 0 Å². The van der Waals surface area contributed by atoms with E-state index in [1.807, 2.05) is 63.2 Å². The first-order valence-corrected chi connectivity index (χ1v) is 9.70. The van der Waals surface area contributed by atoms with Crippen molar-refractivity contribution in [3.8, 4) is 28.1 Å². The lowest BCUT2D eigenvalue weighted by Crippen LogP contribution is -2.07. The molecule has 2 aromatic carbocycles. The van der Waals surface area contributed by atoms with Crippen molar-refractivity contribution in [3.05, 3.63) is 58.1 Å². The van der Waals surface area contributed by atoms with Crippen LogP contribution in [0.5, 0.6) is 10.8 Å². The van der Waals surface area contributed by atoms with Gasteiger partial charge in [0.15, 0.2) is 0 Å². The number of hydrogen-bond donors (Lipinski definition) is 0. The average Bonchev–Trinajstić information content (AvgIpc) is 3.06. The fourth-order valence-corrected chi connectivity index (χ4v) is 3.53. The molecule has 0 saturated heterocycles. The molecule has 0 N–H and O–H groups in total. The molecule has 0 amide bonds. The monoisotopic (exact) mass is 410 g/mol. The summed E-state index contributed by atoms with van der Waals surface area (Å²) in [6.45, 7) is 3.91. The van der Waals surface area contributed by atoms with E-state index < -0.39 is 0 Å². The Morgan fingerprint density at radius 2 is 1.96 bits per heavy atom. The lowest BCUT2D eigenvalue weighted by Gasteiger charge is -2.10. The molecule has 0 aliphatic heterocycles. The van der Waals surface area contributed by atoms with E-state index in [0.29, 0.717) is 32.8 Å². The minimum absolute atomic E-state index is 0.421. The zero-order valence-electron chi connectivity index (χ0n) is 16.0. The number of nitriles is 1. The molecular weight excluding hydrogens is 392 g/mol. The smallest absolute Gasteiger partial charge is 0.218 e. The van der Waals surface area contributed by atoms with Crippen LogP contribution in [-0.2, 0) is 0 Å². The minimum Gasteiger partial charge on any atom is -0.443 e. The van der Waals surface area contributed by atoms with Crippen LogP contribution in [0.15, 0.2) is 41.4 Å². The molecular formula is C21H19ClN4OS. The average molecular weight is 411 g/mol. The summed E-state index contributed by atoms with van der Waals surface area (Å²) < 4.78 is 10.5. The highest BCUT2D eigenvalue weighted by molar-refractivity contribution is 7.08. The summed E-state index contributed by atoms with van der Waals surface area (Å²) in [5, 5.41) is 10.6. The third-order valence-corrected chi connectivity index (χ3v) is 5.08. The molecule has 0 bridgehead atoms. The maximum Gasteiger partial charge on any atom is 0.218 e. The van der Waals surface area contributed by atoms with E-state index >= 15 is 0 Å². The Morgan fingerprint density at radius 3 is 2.64 bits per heavy atom. The Bertz CT molecular complexity index is 1080. The number of rotatable bonds is 5. The number of aliphatic imine (C=N–C) groups is 1.